The van der Waals surface area contributed by atoms with Crippen molar-refractivity contribution in [3.63, 3.8) is 0 Å². The zero-order chi connectivity index (χ0) is 14.7. The number of Topliss-reactive ketones (excluding diaryl/α,β-unsaturated/α-hetero) is 1. The number of aryl methyl sites for hydroxylation is 1. The van der Waals surface area contributed by atoms with E-state index < -0.39 is 5.92 Å². The molecule has 0 N–H and O–H groups in total. The van der Waals surface area contributed by atoms with Crippen molar-refractivity contribution >= 4 is 17.4 Å². The maximum atomic E-state index is 13.6. The summed E-state index contributed by atoms with van der Waals surface area (Å²) in [4.78, 5) is 25.5. The summed E-state index contributed by atoms with van der Waals surface area (Å²) in [6.07, 6.45) is 0.875. The van der Waals surface area contributed by atoms with Crippen LogP contribution in [0.15, 0.2) is 18.2 Å². The van der Waals surface area contributed by atoms with E-state index in [1.165, 1.54) is 11.0 Å². The van der Waals surface area contributed by atoms with Crippen LogP contribution in [0.1, 0.15) is 24.8 Å². The molecular weight excluding hydrogens is 259 g/mol. The fraction of sp³-hybridized carbons (Fsp3) is 0.400. The Hall–Kier alpha value is -2.22. The van der Waals surface area contributed by atoms with Crippen LogP contribution in [0.25, 0.3) is 0 Å². The molecule has 0 bridgehead atoms. The molecule has 1 aliphatic heterocycles. The number of benzene rings is 1. The SMILES string of the molecule is Cc1ccc(N2CCC[C@@H](C(=O)CC#N)C2=O)cc1F. The van der Waals surface area contributed by atoms with Crippen molar-refractivity contribution < 1.29 is 14.0 Å². The lowest BCUT2D eigenvalue weighted by atomic mass is 9.91. The Labute approximate surface area is 116 Å². The van der Waals surface area contributed by atoms with Crippen molar-refractivity contribution in [1.82, 2.24) is 0 Å². The fourth-order valence-corrected chi connectivity index (χ4v) is 2.38. The molecule has 5 heteroatoms. The second-order valence-corrected chi connectivity index (χ2v) is 4.92. The summed E-state index contributed by atoms with van der Waals surface area (Å²) in [7, 11) is 0. The molecule has 1 amide bonds. The van der Waals surface area contributed by atoms with Crippen LogP contribution in [0.5, 0.6) is 0 Å². The number of nitriles is 1. The van der Waals surface area contributed by atoms with Crippen molar-refractivity contribution in [3.8, 4) is 6.07 Å². The minimum absolute atomic E-state index is 0.257. The molecular formula is C15H15FN2O2. The fourth-order valence-electron chi connectivity index (χ4n) is 2.38. The van der Waals surface area contributed by atoms with Gasteiger partial charge in [-0.15, -0.1) is 0 Å². The highest BCUT2D eigenvalue weighted by Crippen LogP contribution is 2.26. The lowest BCUT2D eigenvalue weighted by Crippen LogP contribution is -2.44. The predicted octanol–water partition coefficient (Wildman–Crippen LogP) is 2.36. The molecule has 4 nitrogen and oxygen atoms in total. The van der Waals surface area contributed by atoms with Gasteiger partial charge in [0.25, 0.3) is 0 Å². The Bertz CT molecular complexity index is 592. The number of carbonyl (C=O) groups excluding carboxylic acids is 2. The van der Waals surface area contributed by atoms with Gasteiger partial charge in [0, 0.05) is 12.2 Å². The average molecular weight is 274 g/mol. The topological polar surface area (TPSA) is 61.2 Å². The summed E-state index contributed by atoms with van der Waals surface area (Å²) in [5.41, 5.74) is 0.975. The summed E-state index contributed by atoms with van der Waals surface area (Å²) in [5.74, 6) is -1.83. The first-order chi connectivity index (χ1) is 9.54. The van der Waals surface area contributed by atoms with Gasteiger partial charge in [-0.25, -0.2) is 4.39 Å². The van der Waals surface area contributed by atoms with E-state index in [0.29, 0.717) is 30.6 Å². The molecule has 1 aromatic rings. The molecule has 0 saturated carbocycles. The smallest absolute Gasteiger partial charge is 0.237 e. The third-order valence-electron chi connectivity index (χ3n) is 3.55. The van der Waals surface area contributed by atoms with Crippen LogP contribution >= 0.6 is 0 Å². The van der Waals surface area contributed by atoms with Gasteiger partial charge in [0.1, 0.15) is 5.82 Å². The Morgan fingerprint density at radius 3 is 2.95 bits per heavy atom. The molecule has 0 radical (unpaired) electrons. The molecule has 1 saturated heterocycles. The van der Waals surface area contributed by atoms with Gasteiger partial charge in [-0.3, -0.25) is 9.59 Å². The van der Waals surface area contributed by atoms with Crippen LogP contribution in [-0.4, -0.2) is 18.2 Å². The van der Waals surface area contributed by atoms with Crippen molar-refractivity contribution in [2.75, 3.05) is 11.4 Å². The molecule has 0 aromatic heterocycles. The first kappa shape index (κ1) is 14.2. The number of hydrogen-bond donors (Lipinski definition) is 0. The number of anilines is 1. The first-order valence-corrected chi connectivity index (χ1v) is 6.52. The van der Waals surface area contributed by atoms with Gasteiger partial charge in [-0.2, -0.15) is 5.26 Å². The summed E-state index contributed by atoms with van der Waals surface area (Å²) in [6.45, 7) is 2.12. The van der Waals surface area contributed by atoms with Crippen LogP contribution in [0, 0.1) is 30.0 Å². The minimum atomic E-state index is -0.771. The Kier molecular flexibility index (Phi) is 4.14. The van der Waals surface area contributed by atoms with E-state index in [4.69, 9.17) is 5.26 Å². The number of carbonyl (C=O) groups is 2. The molecule has 0 spiro atoms. The predicted molar refractivity (Wildman–Crippen MR) is 71.5 cm³/mol. The van der Waals surface area contributed by atoms with E-state index in [0.717, 1.165) is 0 Å². The number of halogens is 1. The van der Waals surface area contributed by atoms with Gasteiger partial charge >= 0.3 is 0 Å². The maximum Gasteiger partial charge on any atom is 0.237 e. The second kappa shape index (κ2) is 5.83. The highest BCUT2D eigenvalue weighted by molar-refractivity contribution is 6.09. The Morgan fingerprint density at radius 1 is 1.55 bits per heavy atom. The van der Waals surface area contributed by atoms with Gasteiger partial charge in [0.2, 0.25) is 5.91 Å². The standard InChI is InChI=1S/C15H15FN2O2/c1-10-4-5-11(9-13(10)16)18-8-2-3-12(15(18)20)14(19)6-7-17/h4-5,9,12H,2-3,6,8H2,1H3/t12-/m0/s1. The maximum absolute atomic E-state index is 13.6. The molecule has 1 atom stereocenters. The van der Waals surface area contributed by atoms with E-state index in [-0.39, 0.29) is 23.9 Å². The van der Waals surface area contributed by atoms with Crippen molar-refractivity contribution in [2.24, 2.45) is 5.92 Å². The molecule has 20 heavy (non-hydrogen) atoms. The molecule has 1 fully saturated rings. The average Bonchev–Trinajstić information content (AvgIpc) is 2.42. The number of ketones is 1. The molecule has 1 heterocycles. The number of piperidine rings is 1. The summed E-state index contributed by atoms with van der Waals surface area (Å²) < 4.78 is 13.6. The van der Waals surface area contributed by atoms with Crippen LogP contribution in [-0.2, 0) is 9.59 Å². The zero-order valence-corrected chi connectivity index (χ0v) is 11.2. The van der Waals surface area contributed by atoms with E-state index in [9.17, 15) is 14.0 Å². The lowest BCUT2D eigenvalue weighted by molar-refractivity contribution is -0.133. The van der Waals surface area contributed by atoms with Gasteiger partial charge in [-0.1, -0.05) is 6.07 Å². The van der Waals surface area contributed by atoms with E-state index in [2.05, 4.69) is 0 Å². The molecule has 1 aromatic carbocycles. The molecule has 0 aliphatic carbocycles. The number of rotatable bonds is 3. The van der Waals surface area contributed by atoms with Crippen LogP contribution in [0.3, 0.4) is 0 Å². The Morgan fingerprint density at radius 2 is 2.30 bits per heavy atom. The number of nitrogens with zero attached hydrogens (tertiary/aromatic N) is 2. The van der Waals surface area contributed by atoms with Crippen molar-refractivity contribution in [2.45, 2.75) is 26.2 Å². The first-order valence-electron chi connectivity index (χ1n) is 6.52. The quantitative estimate of drug-likeness (QED) is 0.795. The molecule has 2 rings (SSSR count). The second-order valence-electron chi connectivity index (χ2n) is 4.92. The highest BCUT2D eigenvalue weighted by atomic mass is 19.1. The van der Waals surface area contributed by atoms with E-state index in [1.54, 1.807) is 25.1 Å². The van der Waals surface area contributed by atoms with Gasteiger partial charge < -0.3 is 4.90 Å². The van der Waals surface area contributed by atoms with Gasteiger partial charge in [0.15, 0.2) is 5.78 Å². The van der Waals surface area contributed by atoms with Gasteiger partial charge in [-0.05, 0) is 37.5 Å². The molecule has 0 unspecified atom stereocenters. The number of amides is 1. The summed E-state index contributed by atoms with van der Waals surface area (Å²) in [6, 6.07) is 6.37. The summed E-state index contributed by atoms with van der Waals surface area (Å²) in [5, 5.41) is 8.56. The molecule has 1 aliphatic rings. The minimum Gasteiger partial charge on any atom is -0.312 e. The van der Waals surface area contributed by atoms with E-state index >= 15 is 0 Å². The lowest BCUT2D eigenvalue weighted by Gasteiger charge is -2.31. The number of hydrogen-bond acceptors (Lipinski definition) is 3. The van der Waals surface area contributed by atoms with Crippen LogP contribution in [0.4, 0.5) is 10.1 Å². The molecule has 104 valence electrons. The third-order valence-corrected chi connectivity index (χ3v) is 3.55. The Balaban J connectivity index is 2.24. The third kappa shape index (κ3) is 2.69. The normalized spacial score (nSPS) is 18.8. The summed E-state index contributed by atoms with van der Waals surface area (Å²) >= 11 is 0. The monoisotopic (exact) mass is 274 g/mol. The van der Waals surface area contributed by atoms with E-state index in [1.807, 2.05) is 0 Å². The van der Waals surface area contributed by atoms with Crippen molar-refractivity contribution in [3.05, 3.63) is 29.6 Å². The van der Waals surface area contributed by atoms with Crippen molar-refractivity contribution in [1.29, 1.82) is 5.26 Å². The largest absolute Gasteiger partial charge is 0.312 e. The highest BCUT2D eigenvalue weighted by Gasteiger charge is 2.34. The van der Waals surface area contributed by atoms with Gasteiger partial charge in [0.05, 0.1) is 18.4 Å². The zero-order valence-electron chi connectivity index (χ0n) is 11.2. The van der Waals surface area contributed by atoms with Crippen LogP contribution in [0.2, 0.25) is 0 Å². The van der Waals surface area contributed by atoms with Crippen LogP contribution < -0.4 is 4.90 Å².